The summed E-state index contributed by atoms with van der Waals surface area (Å²) in [4.78, 5) is 24.6. The van der Waals surface area contributed by atoms with Gasteiger partial charge in [-0.15, -0.1) is 0 Å². The average molecular weight is 240 g/mol. The van der Waals surface area contributed by atoms with Crippen molar-refractivity contribution < 1.29 is 14.7 Å². The minimum Gasteiger partial charge on any atom is -0.394 e. The Morgan fingerprint density at radius 2 is 2.06 bits per heavy atom. The van der Waals surface area contributed by atoms with E-state index in [0.29, 0.717) is 13.0 Å². The molecule has 2 amide bonds. The molecule has 0 aromatic heterocycles. The molecule has 1 heterocycles. The zero-order valence-electron chi connectivity index (χ0n) is 10.0. The van der Waals surface area contributed by atoms with E-state index in [1.165, 1.54) is 11.3 Å². The van der Waals surface area contributed by atoms with Crippen LogP contribution in [0.3, 0.4) is 0 Å². The quantitative estimate of drug-likeness (QED) is 0.729. The van der Waals surface area contributed by atoms with Gasteiger partial charge in [-0.25, -0.2) is 0 Å². The van der Waals surface area contributed by atoms with Crippen molar-refractivity contribution in [1.82, 2.24) is 4.90 Å². The van der Waals surface area contributed by atoms with Crippen LogP contribution in [-0.2, 0) is 9.59 Å². The fraction of sp³-hybridized carbons (Fsp3) is 0.833. The lowest BCUT2D eigenvalue weighted by molar-refractivity contribution is -0.137. The molecule has 1 spiro atoms. The second-order valence-electron chi connectivity index (χ2n) is 5.36. The van der Waals surface area contributed by atoms with Crippen molar-refractivity contribution in [1.29, 1.82) is 0 Å². The number of likely N-dealkylation sites (tertiary alicyclic amines) is 1. The molecule has 2 rings (SSSR count). The van der Waals surface area contributed by atoms with Crippen LogP contribution in [0.15, 0.2) is 0 Å². The molecule has 1 aliphatic heterocycles. The third-order valence-electron chi connectivity index (χ3n) is 4.14. The molecule has 0 bridgehead atoms. The molecule has 96 valence electrons. The monoisotopic (exact) mass is 240 g/mol. The Morgan fingerprint density at radius 3 is 2.59 bits per heavy atom. The number of nitrogens with two attached hydrogens (primary N) is 1. The maximum Gasteiger partial charge on any atom is 0.242 e. The summed E-state index contributed by atoms with van der Waals surface area (Å²) in [7, 11) is 0. The van der Waals surface area contributed by atoms with Gasteiger partial charge in [0.1, 0.15) is 6.04 Å². The highest BCUT2D eigenvalue weighted by molar-refractivity contribution is 5.88. The molecule has 17 heavy (non-hydrogen) atoms. The van der Waals surface area contributed by atoms with Gasteiger partial charge in [-0.3, -0.25) is 9.59 Å². The number of hydrogen-bond acceptors (Lipinski definition) is 3. The first-order valence-corrected chi connectivity index (χ1v) is 6.28. The summed E-state index contributed by atoms with van der Waals surface area (Å²) in [5.74, 6) is -0.654. The highest BCUT2D eigenvalue weighted by Crippen LogP contribution is 2.44. The lowest BCUT2D eigenvalue weighted by Gasteiger charge is -2.33. The van der Waals surface area contributed by atoms with Crippen LogP contribution in [0.2, 0.25) is 0 Å². The molecular weight excluding hydrogens is 220 g/mol. The highest BCUT2D eigenvalue weighted by atomic mass is 16.3. The predicted molar refractivity (Wildman–Crippen MR) is 61.9 cm³/mol. The SMILES string of the molecule is NC(=O)C(CO)N1CC2(CCCCC2)CC1=O. The lowest BCUT2D eigenvalue weighted by atomic mass is 9.73. The summed E-state index contributed by atoms with van der Waals surface area (Å²) in [6.07, 6.45) is 6.15. The van der Waals surface area contributed by atoms with Crippen LogP contribution < -0.4 is 5.73 Å². The zero-order valence-corrected chi connectivity index (χ0v) is 10.0. The van der Waals surface area contributed by atoms with Gasteiger partial charge in [-0.2, -0.15) is 0 Å². The molecule has 1 saturated carbocycles. The first kappa shape index (κ1) is 12.4. The van der Waals surface area contributed by atoms with Crippen LogP contribution in [0.4, 0.5) is 0 Å². The molecule has 2 fully saturated rings. The number of amides is 2. The number of carbonyl (C=O) groups is 2. The fourth-order valence-electron chi connectivity index (χ4n) is 3.19. The fourth-order valence-corrected chi connectivity index (χ4v) is 3.19. The molecular formula is C12H20N2O3. The number of carbonyl (C=O) groups excluding carboxylic acids is 2. The number of primary amides is 1. The average Bonchev–Trinajstić information content (AvgIpc) is 2.57. The lowest BCUT2D eigenvalue weighted by Crippen LogP contribution is -2.48. The standard InChI is InChI=1S/C12H20N2O3/c13-11(17)9(7-15)14-8-12(6-10(14)16)4-2-1-3-5-12/h9,15H,1-8H2,(H2,13,17). The van der Waals surface area contributed by atoms with E-state index in [-0.39, 0.29) is 17.9 Å². The van der Waals surface area contributed by atoms with Crippen molar-refractivity contribution in [2.24, 2.45) is 11.1 Å². The van der Waals surface area contributed by atoms with Gasteiger partial charge in [0.25, 0.3) is 0 Å². The van der Waals surface area contributed by atoms with Crippen molar-refractivity contribution >= 4 is 11.8 Å². The minimum absolute atomic E-state index is 0.0373. The maximum atomic E-state index is 12.0. The van der Waals surface area contributed by atoms with Gasteiger partial charge >= 0.3 is 0 Å². The summed E-state index contributed by atoms with van der Waals surface area (Å²) < 4.78 is 0. The molecule has 1 atom stereocenters. The van der Waals surface area contributed by atoms with Gasteiger partial charge in [-0.05, 0) is 18.3 Å². The summed E-state index contributed by atoms with van der Waals surface area (Å²) in [6, 6.07) is -0.844. The molecule has 3 N–H and O–H groups in total. The van der Waals surface area contributed by atoms with Crippen molar-refractivity contribution in [2.75, 3.05) is 13.2 Å². The number of nitrogens with zero attached hydrogens (tertiary/aromatic N) is 1. The third-order valence-corrected chi connectivity index (χ3v) is 4.14. The van der Waals surface area contributed by atoms with E-state index in [1.54, 1.807) is 0 Å². The van der Waals surface area contributed by atoms with E-state index >= 15 is 0 Å². The molecule has 0 aromatic carbocycles. The molecule has 5 nitrogen and oxygen atoms in total. The summed E-state index contributed by atoms with van der Waals surface area (Å²) >= 11 is 0. The van der Waals surface area contributed by atoms with E-state index < -0.39 is 11.9 Å². The Morgan fingerprint density at radius 1 is 1.41 bits per heavy atom. The second kappa shape index (κ2) is 4.64. The highest BCUT2D eigenvalue weighted by Gasteiger charge is 2.46. The van der Waals surface area contributed by atoms with E-state index in [2.05, 4.69) is 0 Å². The maximum absolute atomic E-state index is 12.0. The van der Waals surface area contributed by atoms with Crippen LogP contribution in [0.1, 0.15) is 38.5 Å². The minimum atomic E-state index is -0.844. The van der Waals surface area contributed by atoms with Crippen LogP contribution in [-0.4, -0.2) is 41.0 Å². The van der Waals surface area contributed by atoms with Gasteiger partial charge in [0.05, 0.1) is 6.61 Å². The van der Waals surface area contributed by atoms with E-state index in [9.17, 15) is 9.59 Å². The third kappa shape index (κ3) is 2.29. The summed E-state index contributed by atoms with van der Waals surface area (Å²) in [5.41, 5.74) is 5.25. The van der Waals surface area contributed by atoms with Crippen LogP contribution >= 0.6 is 0 Å². The van der Waals surface area contributed by atoms with E-state index in [0.717, 1.165) is 25.7 Å². The van der Waals surface area contributed by atoms with Crippen LogP contribution in [0.5, 0.6) is 0 Å². The topological polar surface area (TPSA) is 83.6 Å². The molecule has 0 aromatic rings. The van der Waals surface area contributed by atoms with Gasteiger partial charge in [-0.1, -0.05) is 19.3 Å². The Hall–Kier alpha value is -1.10. The molecule has 0 radical (unpaired) electrons. The van der Waals surface area contributed by atoms with Crippen LogP contribution in [0, 0.1) is 5.41 Å². The van der Waals surface area contributed by atoms with E-state index in [4.69, 9.17) is 10.8 Å². The molecule has 1 aliphatic carbocycles. The first-order chi connectivity index (χ1) is 8.08. The van der Waals surface area contributed by atoms with Gasteiger partial charge in [0, 0.05) is 13.0 Å². The smallest absolute Gasteiger partial charge is 0.242 e. The van der Waals surface area contributed by atoms with Crippen molar-refractivity contribution in [3.05, 3.63) is 0 Å². The van der Waals surface area contributed by atoms with Crippen molar-refractivity contribution in [3.8, 4) is 0 Å². The number of hydrogen-bond donors (Lipinski definition) is 2. The summed E-state index contributed by atoms with van der Waals surface area (Å²) in [6.45, 7) is 0.206. The Kier molecular flexibility index (Phi) is 3.38. The Bertz CT molecular complexity index is 324. The Balaban J connectivity index is 2.11. The molecule has 5 heteroatoms. The van der Waals surface area contributed by atoms with Crippen molar-refractivity contribution in [2.45, 2.75) is 44.6 Å². The molecule has 2 aliphatic rings. The zero-order chi connectivity index (χ0) is 12.5. The Labute approximate surface area is 101 Å². The number of aliphatic hydroxyl groups is 1. The van der Waals surface area contributed by atoms with Gasteiger partial charge in [0.15, 0.2) is 0 Å². The first-order valence-electron chi connectivity index (χ1n) is 6.28. The van der Waals surface area contributed by atoms with Crippen molar-refractivity contribution in [3.63, 3.8) is 0 Å². The number of aliphatic hydroxyl groups excluding tert-OH is 1. The summed E-state index contributed by atoms with van der Waals surface area (Å²) in [5, 5.41) is 9.17. The van der Waals surface area contributed by atoms with Gasteiger partial charge in [0.2, 0.25) is 11.8 Å². The normalized spacial score (nSPS) is 25.2. The molecule has 1 saturated heterocycles. The van der Waals surface area contributed by atoms with Gasteiger partial charge < -0.3 is 15.7 Å². The molecule has 1 unspecified atom stereocenters. The van der Waals surface area contributed by atoms with E-state index in [1.807, 2.05) is 0 Å². The predicted octanol–water partition coefficient (Wildman–Crippen LogP) is 0.0154. The van der Waals surface area contributed by atoms with Crippen LogP contribution in [0.25, 0.3) is 0 Å². The largest absolute Gasteiger partial charge is 0.394 e. The number of rotatable bonds is 3. The second-order valence-corrected chi connectivity index (χ2v) is 5.36.